The van der Waals surface area contributed by atoms with E-state index in [4.69, 9.17) is 0 Å². The molecule has 0 saturated heterocycles. The summed E-state index contributed by atoms with van der Waals surface area (Å²) in [6, 6.07) is 74.3. The highest BCUT2D eigenvalue weighted by Gasteiger charge is 2.49. The van der Waals surface area contributed by atoms with E-state index in [-0.39, 0.29) is 5.04 Å². The van der Waals surface area contributed by atoms with E-state index in [1.165, 1.54) is 76.0 Å². The van der Waals surface area contributed by atoms with E-state index in [0.717, 1.165) is 5.69 Å². The summed E-state index contributed by atoms with van der Waals surface area (Å²) in [6.45, 7) is 7.33. The van der Waals surface area contributed by atoms with Gasteiger partial charge in [-0.1, -0.05) is 185 Å². The van der Waals surface area contributed by atoms with Crippen molar-refractivity contribution < 1.29 is 0 Å². The van der Waals surface area contributed by atoms with Crippen LogP contribution in [-0.4, -0.2) is 17.2 Å². The van der Waals surface area contributed by atoms with Crippen LogP contribution in [0.3, 0.4) is 0 Å². The van der Waals surface area contributed by atoms with Gasteiger partial charge < -0.3 is 9.13 Å². The molecule has 0 aliphatic heterocycles. The van der Waals surface area contributed by atoms with Gasteiger partial charge in [0.25, 0.3) is 0 Å². The van der Waals surface area contributed by atoms with Crippen LogP contribution < -0.4 is 15.6 Å². The molecule has 0 saturated carbocycles. The number of nitrogens with zero attached hydrogens (tertiary/aromatic N) is 2. The summed E-state index contributed by atoms with van der Waals surface area (Å²) < 4.78 is 4.97. The molecule has 10 aromatic rings. The minimum absolute atomic E-state index is 0.00958. The van der Waals surface area contributed by atoms with Crippen LogP contribution in [0.4, 0.5) is 0 Å². The molecular formula is C52H42N2Si. The maximum absolute atomic E-state index is 2.56. The molecule has 0 aliphatic rings. The molecule has 2 nitrogen and oxygen atoms in total. The molecule has 0 N–H and O–H groups in total. The van der Waals surface area contributed by atoms with E-state index in [1.807, 2.05) is 0 Å². The lowest BCUT2D eigenvalue weighted by Crippen LogP contribution is -2.72. The summed E-state index contributed by atoms with van der Waals surface area (Å²) in [6.07, 6.45) is 0. The van der Waals surface area contributed by atoms with Crippen LogP contribution in [0.15, 0.2) is 200 Å². The Balaban J connectivity index is 1.26. The van der Waals surface area contributed by atoms with Crippen molar-refractivity contribution in [3.8, 4) is 22.5 Å². The number of fused-ring (bicyclic) bond motifs is 6. The predicted molar refractivity (Wildman–Crippen MR) is 238 cm³/mol. The number of rotatable bonds is 6. The Morgan fingerprint density at radius 3 is 1.47 bits per heavy atom. The lowest BCUT2D eigenvalue weighted by atomic mass is 10.1. The average Bonchev–Trinajstić information content (AvgIpc) is 3.75. The second kappa shape index (κ2) is 12.9. The summed E-state index contributed by atoms with van der Waals surface area (Å²) in [5.41, 5.74) is 9.58. The van der Waals surface area contributed by atoms with E-state index in [2.05, 4.69) is 230 Å². The van der Waals surface area contributed by atoms with E-state index in [1.54, 1.807) is 0 Å². The number of hydrogen-bond acceptors (Lipinski definition) is 0. The minimum Gasteiger partial charge on any atom is -0.307 e. The monoisotopic (exact) mass is 722 g/mol. The average molecular weight is 723 g/mol. The molecule has 264 valence electrons. The molecule has 55 heavy (non-hydrogen) atoms. The quantitative estimate of drug-likeness (QED) is 0.119. The number of aromatic nitrogens is 2. The summed E-state index contributed by atoms with van der Waals surface area (Å²) in [4.78, 5) is 0. The van der Waals surface area contributed by atoms with Crippen molar-refractivity contribution in [3.63, 3.8) is 0 Å². The van der Waals surface area contributed by atoms with Crippen LogP contribution >= 0.6 is 0 Å². The Morgan fingerprint density at radius 1 is 0.364 bits per heavy atom. The van der Waals surface area contributed by atoms with Crippen LogP contribution in [0.2, 0.25) is 5.04 Å². The van der Waals surface area contributed by atoms with Gasteiger partial charge in [0.15, 0.2) is 8.07 Å². The van der Waals surface area contributed by atoms with Crippen molar-refractivity contribution in [2.24, 2.45) is 0 Å². The van der Waals surface area contributed by atoms with Gasteiger partial charge in [-0.05, 0) is 68.1 Å². The number of benzene rings is 8. The summed E-state index contributed by atoms with van der Waals surface area (Å²) in [7, 11) is -2.56. The first-order valence-electron chi connectivity index (χ1n) is 19.3. The van der Waals surface area contributed by atoms with Gasteiger partial charge in [-0.3, -0.25) is 0 Å². The molecule has 0 amide bonds. The smallest absolute Gasteiger partial charge is 0.153 e. The third-order valence-corrected chi connectivity index (χ3v) is 17.6. The van der Waals surface area contributed by atoms with Crippen LogP contribution in [-0.2, 0) is 0 Å². The van der Waals surface area contributed by atoms with E-state index < -0.39 is 8.07 Å². The van der Waals surface area contributed by atoms with Crippen molar-refractivity contribution in [2.75, 3.05) is 0 Å². The molecule has 3 heteroatoms. The maximum Gasteiger partial charge on any atom is 0.153 e. The summed E-state index contributed by atoms with van der Waals surface area (Å²) >= 11 is 0. The van der Waals surface area contributed by atoms with Crippen molar-refractivity contribution in [1.29, 1.82) is 0 Å². The van der Waals surface area contributed by atoms with E-state index in [9.17, 15) is 0 Å². The van der Waals surface area contributed by atoms with Crippen molar-refractivity contribution >= 4 is 67.2 Å². The van der Waals surface area contributed by atoms with Crippen LogP contribution in [0.1, 0.15) is 20.8 Å². The van der Waals surface area contributed by atoms with Gasteiger partial charge in [0, 0.05) is 27.2 Å². The van der Waals surface area contributed by atoms with Crippen LogP contribution in [0.25, 0.3) is 66.1 Å². The normalized spacial score (nSPS) is 12.3. The molecule has 0 bridgehead atoms. The molecule has 0 aliphatic carbocycles. The summed E-state index contributed by atoms with van der Waals surface area (Å²) in [5, 5.41) is 9.34. The fraction of sp³-hybridized carbons (Fsp3) is 0.0769. The SMILES string of the molecule is CC(C)(C)[Si](c1ccccc1)(c1ccccc1)c1ccc2c(c1)c1ccccc1n2-c1cccc2c3ccccc3n(-c3ccc(-c4ccccc4)cc3)c12. The zero-order valence-corrected chi connectivity index (χ0v) is 32.4. The third-order valence-electron chi connectivity index (χ3n) is 11.8. The molecule has 0 spiro atoms. The fourth-order valence-corrected chi connectivity index (χ4v) is 15.2. The van der Waals surface area contributed by atoms with Crippen LogP contribution in [0, 0.1) is 0 Å². The Bertz CT molecular complexity index is 2950. The zero-order chi connectivity index (χ0) is 37.1. The Morgan fingerprint density at radius 2 is 0.855 bits per heavy atom. The van der Waals surface area contributed by atoms with Gasteiger partial charge in [-0.15, -0.1) is 0 Å². The van der Waals surface area contributed by atoms with Gasteiger partial charge in [-0.25, -0.2) is 0 Å². The predicted octanol–water partition coefficient (Wildman–Crippen LogP) is 11.8. The minimum atomic E-state index is -2.56. The Labute approximate surface area is 323 Å². The lowest BCUT2D eigenvalue weighted by molar-refractivity contribution is 0.739. The van der Waals surface area contributed by atoms with Crippen molar-refractivity contribution in [2.45, 2.75) is 25.8 Å². The molecule has 0 atom stereocenters. The molecule has 10 rings (SSSR count). The Kier molecular flexibility index (Phi) is 7.76. The molecule has 0 fully saturated rings. The van der Waals surface area contributed by atoms with Crippen LogP contribution in [0.5, 0.6) is 0 Å². The lowest BCUT2D eigenvalue weighted by Gasteiger charge is -2.44. The molecule has 0 unspecified atom stereocenters. The second-order valence-electron chi connectivity index (χ2n) is 15.8. The van der Waals surface area contributed by atoms with Gasteiger partial charge in [0.05, 0.1) is 27.8 Å². The van der Waals surface area contributed by atoms with Gasteiger partial charge in [0.1, 0.15) is 0 Å². The largest absolute Gasteiger partial charge is 0.307 e. The van der Waals surface area contributed by atoms with Crippen molar-refractivity contribution in [1.82, 2.24) is 9.13 Å². The first kappa shape index (κ1) is 33.2. The highest BCUT2D eigenvalue weighted by molar-refractivity contribution is 7.13. The highest BCUT2D eigenvalue weighted by Crippen LogP contribution is 2.41. The molecular weight excluding hydrogens is 681 g/mol. The number of para-hydroxylation sites is 3. The molecule has 2 aromatic heterocycles. The molecule has 2 heterocycles. The number of hydrogen-bond donors (Lipinski definition) is 0. The maximum atomic E-state index is 2.55. The molecule has 8 aromatic carbocycles. The van der Waals surface area contributed by atoms with Gasteiger partial charge in [-0.2, -0.15) is 0 Å². The van der Waals surface area contributed by atoms with Gasteiger partial charge >= 0.3 is 0 Å². The summed E-state index contributed by atoms with van der Waals surface area (Å²) in [5.74, 6) is 0. The van der Waals surface area contributed by atoms with E-state index >= 15 is 0 Å². The third kappa shape index (κ3) is 5.07. The Hall–Kier alpha value is -6.42. The topological polar surface area (TPSA) is 9.86 Å². The second-order valence-corrected chi connectivity index (χ2v) is 20.5. The molecule has 0 radical (unpaired) electrons. The standard InChI is InChI=1S/C52H42N2Si/c1-52(2,3)55(40-20-9-5-10-21-40,41-22-11-6-12-23-41)42-34-35-49-46(36-42)44-25-14-16-28-48(44)54(49)50-29-17-26-45-43-24-13-15-27-47(43)53(51(45)50)39-32-30-38(31-33-39)37-18-7-4-8-19-37/h4-36H,1-3H3. The van der Waals surface area contributed by atoms with Crippen molar-refractivity contribution in [3.05, 3.63) is 200 Å². The van der Waals surface area contributed by atoms with Gasteiger partial charge in [0.2, 0.25) is 0 Å². The zero-order valence-electron chi connectivity index (χ0n) is 31.4. The van der Waals surface area contributed by atoms with E-state index in [0.29, 0.717) is 0 Å². The highest BCUT2D eigenvalue weighted by atomic mass is 28.3. The first-order chi connectivity index (χ1) is 26.9. The fourth-order valence-electron chi connectivity index (χ4n) is 9.52. The first-order valence-corrected chi connectivity index (χ1v) is 21.3.